The Morgan fingerprint density at radius 3 is 2.23 bits per heavy atom. The summed E-state index contributed by atoms with van der Waals surface area (Å²) in [7, 11) is 0. The minimum absolute atomic E-state index is 0.00633. The number of hydrogen-bond donors (Lipinski definition) is 3. The number of urea groups is 1. The number of benzene rings is 4. The molecule has 0 bridgehead atoms. The van der Waals surface area contributed by atoms with E-state index in [1.54, 1.807) is 12.1 Å². The highest BCUT2D eigenvalue weighted by atomic mass is 35.5. The van der Waals surface area contributed by atoms with Gasteiger partial charge in [0.15, 0.2) is 0 Å². The van der Waals surface area contributed by atoms with E-state index in [2.05, 4.69) is 45.1 Å². The lowest BCUT2D eigenvalue weighted by atomic mass is 9.91. The van der Waals surface area contributed by atoms with Crippen LogP contribution in [0.2, 0.25) is 10.0 Å². The van der Waals surface area contributed by atoms with Gasteiger partial charge in [0.05, 0.1) is 22.2 Å². The third-order valence-electron chi connectivity index (χ3n) is 9.19. The average molecular weight is 686 g/mol. The number of aryl methyl sites for hydroxylation is 1. The SMILES string of the molecule is CC(NC(=O)NC[C@H](NC(=O)c1c(Cl)cc(N2CC(c3ccccc3)C2)cc1Cl)C(=O)OCc1ccccc1)[C@@H]1CCc2ccccc21. The number of carbonyl (C=O) groups excluding carboxylic acids is 3. The van der Waals surface area contributed by atoms with Gasteiger partial charge >= 0.3 is 12.0 Å². The smallest absolute Gasteiger partial charge is 0.330 e. The Labute approximate surface area is 290 Å². The average Bonchev–Trinajstić information content (AvgIpc) is 3.50. The predicted molar refractivity (Wildman–Crippen MR) is 189 cm³/mol. The second-order valence-corrected chi connectivity index (χ2v) is 13.2. The quantitative estimate of drug-likeness (QED) is 0.150. The van der Waals surface area contributed by atoms with Crippen LogP contribution in [0.25, 0.3) is 0 Å². The fourth-order valence-electron chi connectivity index (χ4n) is 6.50. The molecule has 1 saturated heterocycles. The number of nitrogens with zero attached hydrogens (tertiary/aromatic N) is 1. The van der Waals surface area contributed by atoms with E-state index in [0.717, 1.165) is 37.2 Å². The van der Waals surface area contributed by atoms with Crippen molar-refractivity contribution in [2.24, 2.45) is 0 Å². The lowest BCUT2D eigenvalue weighted by Crippen LogP contribution is -2.52. The van der Waals surface area contributed by atoms with E-state index in [0.29, 0.717) is 5.92 Å². The standard InChI is InChI=1S/C38H38Cl2N4O4/c1-24(30-17-16-27-14-8-9-15-31(27)30)42-38(47)41-20-34(37(46)48-23-25-10-4-2-5-11-25)43-36(45)35-32(39)18-29(19-33(35)40)44-21-28(22-44)26-12-6-3-7-13-26/h2-15,18-19,24,28,30,34H,16-17,20-23H2,1H3,(H,43,45)(H2,41,42,47)/t24?,30-,34-/m0/s1. The first kappa shape index (κ1) is 33.4. The Morgan fingerprint density at radius 2 is 1.52 bits per heavy atom. The van der Waals surface area contributed by atoms with Crippen LogP contribution in [0, 0.1) is 0 Å². The summed E-state index contributed by atoms with van der Waals surface area (Å²) in [6.07, 6.45) is 1.91. The molecule has 0 aromatic heterocycles. The number of anilines is 1. The van der Waals surface area contributed by atoms with Crippen molar-refractivity contribution in [2.75, 3.05) is 24.5 Å². The fourth-order valence-corrected chi connectivity index (χ4v) is 7.15. The molecule has 0 radical (unpaired) electrons. The molecule has 4 aromatic carbocycles. The molecule has 1 unspecified atom stereocenters. The van der Waals surface area contributed by atoms with Crippen LogP contribution < -0.4 is 20.9 Å². The molecule has 1 heterocycles. The number of nitrogens with one attached hydrogen (secondary N) is 3. The minimum Gasteiger partial charge on any atom is -0.459 e. The van der Waals surface area contributed by atoms with Crippen LogP contribution in [0.4, 0.5) is 10.5 Å². The first-order valence-electron chi connectivity index (χ1n) is 16.2. The predicted octanol–water partition coefficient (Wildman–Crippen LogP) is 6.86. The van der Waals surface area contributed by atoms with E-state index < -0.39 is 23.9 Å². The first-order valence-corrected chi connectivity index (χ1v) is 16.9. The molecular weight excluding hydrogens is 647 g/mol. The van der Waals surface area contributed by atoms with Crippen molar-refractivity contribution >= 4 is 46.8 Å². The molecule has 4 aromatic rings. The monoisotopic (exact) mass is 684 g/mol. The second kappa shape index (κ2) is 15.1. The number of ether oxygens (including phenoxy) is 1. The van der Waals surface area contributed by atoms with Crippen LogP contribution in [0.15, 0.2) is 97.1 Å². The number of fused-ring (bicyclic) bond motifs is 1. The van der Waals surface area contributed by atoms with Crippen molar-refractivity contribution in [1.82, 2.24) is 16.0 Å². The fraction of sp³-hybridized carbons (Fsp3) is 0.289. The summed E-state index contributed by atoms with van der Waals surface area (Å²) in [5.41, 5.74) is 5.45. The van der Waals surface area contributed by atoms with Gasteiger partial charge in [-0.1, -0.05) is 108 Å². The van der Waals surface area contributed by atoms with Crippen LogP contribution in [-0.2, 0) is 22.6 Å². The number of hydrogen-bond acceptors (Lipinski definition) is 5. The summed E-state index contributed by atoms with van der Waals surface area (Å²) in [5.74, 6) is -0.772. The molecule has 248 valence electrons. The van der Waals surface area contributed by atoms with E-state index >= 15 is 0 Å². The van der Waals surface area contributed by atoms with Crippen LogP contribution in [0.5, 0.6) is 0 Å². The maximum absolute atomic E-state index is 13.6. The zero-order valence-electron chi connectivity index (χ0n) is 26.6. The zero-order chi connectivity index (χ0) is 33.6. The Hall–Kier alpha value is -4.53. The highest BCUT2D eigenvalue weighted by Gasteiger charge is 2.32. The van der Waals surface area contributed by atoms with Gasteiger partial charge in [-0.05, 0) is 54.2 Å². The summed E-state index contributed by atoms with van der Waals surface area (Å²) >= 11 is 13.3. The van der Waals surface area contributed by atoms with Gasteiger partial charge in [-0.15, -0.1) is 0 Å². The molecule has 3 N–H and O–H groups in total. The molecule has 8 nitrogen and oxygen atoms in total. The molecule has 3 amide bonds. The van der Waals surface area contributed by atoms with E-state index in [-0.39, 0.29) is 40.7 Å². The van der Waals surface area contributed by atoms with Crippen LogP contribution in [-0.4, -0.2) is 49.6 Å². The number of amides is 3. The normalized spacial score (nSPS) is 16.6. The van der Waals surface area contributed by atoms with Crippen LogP contribution >= 0.6 is 23.2 Å². The van der Waals surface area contributed by atoms with Gasteiger partial charge in [0.2, 0.25) is 0 Å². The van der Waals surface area contributed by atoms with Crippen molar-refractivity contribution in [3.8, 4) is 0 Å². The molecule has 1 fully saturated rings. The minimum atomic E-state index is -1.21. The molecule has 0 spiro atoms. The number of rotatable bonds is 11. The molecule has 6 rings (SSSR count). The zero-order valence-corrected chi connectivity index (χ0v) is 28.1. The first-order chi connectivity index (χ1) is 23.3. The Balaban J connectivity index is 1.10. The lowest BCUT2D eigenvalue weighted by Gasteiger charge is -2.41. The Kier molecular flexibility index (Phi) is 10.5. The maximum atomic E-state index is 13.6. The molecule has 0 saturated carbocycles. The van der Waals surface area contributed by atoms with Crippen molar-refractivity contribution in [3.05, 3.63) is 135 Å². The van der Waals surface area contributed by atoms with Gasteiger partial charge in [0.1, 0.15) is 12.6 Å². The highest BCUT2D eigenvalue weighted by molar-refractivity contribution is 6.40. The van der Waals surface area contributed by atoms with Gasteiger partial charge in [0.25, 0.3) is 5.91 Å². The van der Waals surface area contributed by atoms with E-state index in [4.69, 9.17) is 27.9 Å². The summed E-state index contributed by atoms with van der Waals surface area (Å²) < 4.78 is 5.54. The van der Waals surface area contributed by atoms with Crippen molar-refractivity contribution in [3.63, 3.8) is 0 Å². The van der Waals surface area contributed by atoms with E-state index in [1.165, 1.54) is 16.7 Å². The van der Waals surface area contributed by atoms with Gasteiger partial charge in [-0.25, -0.2) is 9.59 Å². The van der Waals surface area contributed by atoms with Crippen LogP contribution in [0.1, 0.15) is 57.8 Å². The summed E-state index contributed by atoms with van der Waals surface area (Å²) in [4.78, 5) is 42.0. The Bertz CT molecular complexity index is 1740. The largest absolute Gasteiger partial charge is 0.459 e. The van der Waals surface area contributed by atoms with Crippen molar-refractivity contribution in [2.45, 2.75) is 50.3 Å². The molecule has 10 heteroatoms. The van der Waals surface area contributed by atoms with Crippen molar-refractivity contribution < 1.29 is 19.1 Å². The summed E-state index contributed by atoms with van der Waals surface area (Å²) in [6.45, 7) is 3.37. The van der Waals surface area contributed by atoms with Gasteiger partial charge in [-0.3, -0.25) is 4.79 Å². The lowest BCUT2D eigenvalue weighted by molar-refractivity contribution is -0.147. The van der Waals surface area contributed by atoms with E-state index in [1.807, 2.05) is 67.6 Å². The van der Waals surface area contributed by atoms with Crippen molar-refractivity contribution in [1.29, 1.82) is 0 Å². The second-order valence-electron chi connectivity index (χ2n) is 12.4. The molecule has 2 aliphatic rings. The van der Waals surface area contributed by atoms with Gasteiger partial charge in [0, 0.05) is 36.7 Å². The molecule has 1 aliphatic carbocycles. The van der Waals surface area contributed by atoms with Gasteiger partial charge < -0.3 is 25.6 Å². The maximum Gasteiger partial charge on any atom is 0.330 e. The molecule has 48 heavy (non-hydrogen) atoms. The highest BCUT2D eigenvalue weighted by Crippen LogP contribution is 2.37. The third kappa shape index (κ3) is 7.77. The topological polar surface area (TPSA) is 99.8 Å². The molecular formula is C38H38Cl2N4O4. The number of carbonyl (C=O) groups is 3. The van der Waals surface area contributed by atoms with Gasteiger partial charge in [-0.2, -0.15) is 0 Å². The molecule has 1 aliphatic heterocycles. The molecule has 3 atom stereocenters. The Morgan fingerprint density at radius 1 is 0.875 bits per heavy atom. The summed E-state index contributed by atoms with van der Waals surface area (Å²) in [5, 5.41) is 8.75. The summed E-state index contributed by atoms with van der Waals surface area (Å²) in [6, 6.07) is 29.4. The number of esters is 1. The van der Waals surface area contributed by atoms with E-state index in [9.17, 15) is 14.4 Å². The van der Waals surface area contributed by atoms with Crippen LogP contribution in [0.3, 0.4) is 0 Å². The third-order valence-corrected chi connectivity index (χ3v) is 9.79. The number of halogens is 2.